The molecule has 1 aliphatic rings. The number of carbonyl (C=O) groups excluding carboxylic acids is 2. The van der Waals surface area contributed by atoms with Gasteiger partial charge in [0.25, 0.3) is 5.91 Å². The van der Waals surface area contributed by atoms with E-state index in [-0.39, 0.29) is 18.4 Å². The van der Waals surface area contributed by atoms with Crippen molar-refractivity contribution in [3.63, 3.8) is 0 Å². The fourth-order valence-corrected chi connectivity index (χ4v) is 2.95. The van der Waals surface area contributed by atoms with Crippen LogP contribution in [-0.2, 0) is 9.59 Å². The van der Waals surface area contributed by atoms with Crippen LogP contribution in [0.15, 0.2) is 54.6 Å². The van der Waals surface area contributed by atoms with E-state index in [9.17, 15) is 9.59 Å². The number of aryl methyl sites for hydroxylation is 1. The predicted molar refractivity (Wildman–Crippen MR) is 105 cm³/mol. The van der Waals surface area contributed by atoms with E-state index in [0.717, 1.165) is 11.3 Å². The molecule has 2 aromatic carbocycles. The summed E-state index contributed by atoms with van der Waals surface area (Å²) in [7, 11) is 0. The summed E-state index contributed by atoms with van der Waals surface area (Å²) in [6.07, 6.45) is 0. The molecule has 0 radical (unpaired) electrons. The van der Waals surface area contributed by atoms with E-state index in [0.29, 0.717) is 38.5 Å². The number of piperazine rings is 1. The highest BCUT2D eigenvalue weighted by Crippen LogP contribution is 2.10. The largest absolute Gasteiger partial charge is 0.484 e. The average molecular weight is 367 g/mol. The molecule has 0 unspecified atom stereocenters. The highest BCUT2D eigenvalue weighted by molar-refractivity contribution is 5.92. The number of anilines is 1. The minimum atomic E-state index is -0.0361. The van der Waals surface area contributed by atoms with Crippen molar-refractivity contribution in [3.8, 4) is 5.75 Å². The van der Waals surface area contributed by atoms with E-state index in [2.05, 4.69) is 10.2 Å². The Bertz CT molecular complexity index is 754. The molecule has 2 amide bonds. The molecule has 27 heavy (non-hydrogen) atoms. The quantitative estimate of drug-likeness (QED) is 0.850. The maximum Gasteiger partial charge on any atom is 0.260 e. The lowest BCUT2D eigenvalue weighted by atomic mass is 10.2. The maximum absolute atomic E-state index is 12.3. The number of carbonyl (C=O) groups is 2. The molecule has 1 aliphatic heterocycles. The van der Waals surface area contributed by atoms with Crippen LogP contribution in [0.25, 0.3) is 0 Å². The van der Waals surface area contributed by atoms with Gasteiger partial charge in [-0.25, -0.2) is 0 Å². The highest BCUT2D eigenvalue weighted by Gasteiger charge is 2.22. The molecule has 1 saturated heterocycles. The van der Waals surface area contributed by atoms with Crippen molar-refractivity contribution >= 4 is 17.5 Å². The van der Waals surface area contributed by atoms with E-state index >= 15 is 0 Å². The molecular formula is C21H25N3O3. The molecule has 0 saturated carbocycles. The molecule has 0 bridgehead atoms. The number of amides is 2. The molecule has 0 atom stereocenters. The molecule has 0 aromatic heterocycles. The van der Waals surface area contributed by atoms with Crippen LogP contribution in [0.2, 0.25) is 0 Å². The molecule has 1 heterocycles. The zero-order chi connectivity index (χ0) is 19.1. The summed E-state index contributed by atoms with van der Waals surface area (Å²) in [5.41, 5.74) is 1.96. The van der Waals surface area contributed by atoms with Gasteiger partial charge in [-0.2, -0.15) is 0 Å². The first-order valence-corrected chi connectivity index (χ1v) is 9.14. The zero-order valence-electron chi connectivity index (χ0n) is 15.6. The first kappa shape index (κ1) is 18.9. The van der Waals surface area contributed by atoms with Crippen LogP contribution in [0.1, 0.15) is 5.56 Å². The topological polar surface area (TPSA) is 61.9 Å². The Balaban J connectivity index is 1.38. The Hall–Kier alpha value is -2.86. The van der Waals surface area contributed by atoms with E-state index in [1.54, 1.807) is 4.90 Å². The standard InChI is InChI=1S/C21H25N3O3/c1-17-7-9-18(10-8-17)22-20(25)15-23-11-13-24(14-12-23)21(26)16-27-19-5-3-2-4-6-19/h2-10H,11-16H2,1H3,(H,22,25). The van der Waals surface area contributed by atoms with Crippen LogP contribution in [-0.4, -0.2) is 60.9 Å². The van der Waals surface area contributed by atoms with Gasteiger partial charge in [0.1, 0.15) is 5.75 Å². The number of hydrogen-bond acceptors (Lipinski definition) is 4. The monoisotopic (exact) mass is 367 g/mol. The number of para-hydroxylation sites is 1. The molecule has 6 nitrogen and oxygen atoms in total. The smallest absolute Gasteiger partial charge is 0.260 e. The number of benzene rings is 2. The van der Waals surface area contributed by atoms with Gasteiger partial charge in [0.15, 0.2) is 6.61 Å². The van der Waals surface area contributed by atoms with Crippen LogP contribution in [0, 0.1) is 6.92 Å². The van der Waals surface area contributed by atoms with E-state index in [4.69, 9.17) is 4.74 Å². The van der Waals surface area contributed by atoms with Crippen molar-refractivity contribution in [3.05, 3.63) is 60.2 Å². The fourth-order valence-electron chi connectivity index (χ4n) is 2.95. The highest BCUT2D eigenvalue weighted by atomic mass is 16.5. The van der Waals surface area contributed by atoms with Crippen LogP contribution >= 0.6 is 0 Å². The van der Waals surface area contributed by atoms with Crippen molar-refractivity contribution in [2.24, 2.45) is 0 Å². The summed E-state index contributed by atoms with van der Waals surface area (Å²) in [6, 6.07) is 17.1. The van der Waals surface area contributed by atoms with Gasteiger partial charge >= 0.3 is 0 Å². The molecule has 1 N–H and O–H groups in total. The lowest BCUT2D eigenvalue weighted by Gasteiger charge is -2.34. The van der Waals surface area contributed by atoms with Gasteiger partial charge in [-0.1, -0.05) is 35.9 Å². The number of nitrogens with one attached hydrogen (secondary N) is 1. The molecule has 6 heteroatoms. The zero-order valence-corrected chi connectivity index (χ0v) is 15.6. The Morgan fingerprint density at radius 1 is 0.963 bits per heavy atom. The number of ether oxygens (including phenoxy) is 1. The van der Waals surface area contributed by atoms with Crippen LogP contribution in [0.4, 0.5) is 5.69 Å². The van der Waals surface area contributed by atoms with Crippen LogP contribution < -0.4 is 10.1 Å². The maximum atomic E-state index is 12.3. The Labute approximate surface area is 159 Å². The van der Waals surface area contributed by atoms with Crippen molar-refractivity contribution in [2.75, 3.05) is 44.6 Å². The lowest BCUT2D eigenvalue weighted by Crippen LogP contribution is -2.51. The SMILES string of the molecule is Cc1ccc(NC(=O)CN2CCN(C(=O)COc3ccccc3)CC2)cc1. The molecule has 142 valence electrons. The van der Waals surface area contributed by atoms with E-state index < -0.39 is 0 Å². The minimum Gasteiger partial charge on any atom is -0.484 e. The van der Waals surface area contributed by atoms with Gasteiger partial charge in [0.05, 0.1) is 6.54 Å². The van der Waals surface area contributed by atoms with Crippen molar-refractivity contribution in [2.45, 2.75) is 6.92 Å². The Morgan fingerprint density at radius 2 is 1.63 bits per heavy atom. The second kappa shape index (κ2) is 9.19. The summed E-state index contributed by atoms with van der Waals surface area (Å²) >= 11 is 0. The van der Waals surface area contributed by atoms with Gasteiger partial charge in [0.2, 0.25) is 5.91 Å². The second-order valence-corrected chi connectivity index (χ2v) is 6.67. The normalized spacial score (nSPS) is 14.6. The number of hydrogen-bond donors (Lipinski definition) is 1. The molecule has 1 fully saturated rings. The molecular weight excluding hydrogens is 342 g/mol. The van der Waals surface area contributed by atoms with Crippen LogP contribution in [0.5, 0.6) is 5.75 Å². The molecule has 0 spiro atoms. The van der Waals surface area contributed by atoms with Gasteiger partial charge in [-0.3, -0.25) is 14.5 Å². The van der Waals surface area contributed by atoms with E-state index in [1.807, 2.05) is 61.5 Å². The Morgan fingerprint density at radius 3 is 2.30 bits per heavy atom. The van der Waals surface area contributed by atoms with Crippen molar-refractivity contribution in [1.29, 1.82) is 0 Å². The first-order chi connectivity index (χ1) is 13.1. The average Bonchev–Trinajstić information content (AvgIpc) is 2.69. The van der Waals surface area contributed by atoms with Crippen molar-refractivity contribution < 1.29 is 14.3 Å². The summed E-state index contributed by atoms with van der Waals surface area (Å²) in [5, 5.41) is 2.91. The summed E-state index contributed by atoms with van der Waals surface area (Å²) in [4.78, 5) is 28.3. The summed E-state index contributed by atoms with van der Waals surface area (Å²) in [5.74, 6) is 0.630. The number of nitrogens with zero attached hydrogens (tertiary/aromatic N) is 2. The third kappa shape index (κ3) is 5.82. The van der Waals surface area contributed by atoms with Gasteiger partial charge in [0, 0.05) is 31.9 Å². The molecule has 0 aliphatic carbocycles. The number of rotatable bonds is 6. The molecule has 3 rings (SSSR count). The first-order valence-electron chi connectivity index (χ1n) is 9.14. The predicted octanol–water partition coefficient (Wildman–Crippen LogP) is 2.16. The van der Waals surface area contributed by atoms with E-state index in [1.165, 1.54) is 0 Å². The fraction of sp³-hybridized carbons (Fsp3) is 0.333. The van der Waals surface area contributed by atoms with Gasteiger partial charge in [-0.15, -0.1) is 0 Å². The lowest BCUT2D eigenvalue weighted by molar-refractivity contribution is -0.135. The third-order valence-corrected chi connectivity index (χ3v) is 4.53. The van der Waals surface area contributed by atoms with Gasteiger partial charge in [-0.05, 0) is 31.2 Å². The molecule has 2 aromatic rings. The minimum absolute atomic E-state index is 0.0254. The van der Waals surface area contributed by atoms with Crippen molar-refractivity contribution in [1.82, 2.24) is 9.80 Å². The van der Waals surface area contributed by atoms with Gasteiger partial charge < -0.3 is 15.0 Å². The summed E-state index contributed by atoms with van der Waals surface area (Å²) in [6.45, 7) is 4.95. The third-order valence-electron chi connectivity index (χ3n) is 4.53. The van der Waals surface area contributed by atoms with Crippen LogP contribution in [0.3, 0.4) is 0 Å². The Kier molecular flexibility index (Phi) is 6.44. The second-order valence-electron chi connectivity index (χ2n) is 6.67. The summed E-state index contributed by atoms with van der Waals surface area (Å²) < 4.78 is 5.52.